The predicted octanol–water partition coefficient (Wildman–Crippen LogP) is 4.88. The Hall–Kier alpha value is -2.53. The number of thioether (sulfide) groups is 1. The van der Waals surface area contributed by atoms with Crippen molar-refractivity contribution in [2.45, 2.75) is 30.2 Å². The van der Waals surface area contributed by atoms with Crippen molar-refractivity contribution >= 4 is 61.6 Å². The van der Waals surface area contributed by atoms with Crippen LogP contribution in [0.5, 0.6) is 0 Å². The van der Waals surface area contributed by atoms with Crippen LogP contribution >= 0.6 is 39.0 Å². The van der Waals surface area contributed by atoms with Crippen molar-refractivity contribution in [3.63, 3.8) is 0 Å². The van der Waals surface area contributed by atoms with Gasteiger partial charge in [-0.3, -0.25) is 9.59 Å². The molecule has 3 aromatic carbocycles. The number of aromatic nitrogens is 1. The fourth-order valence-electron chi connectivity index (χ4n) is 4.55. The van der Waals surface area contributed by atoms with Gasteiger partial charge in [0.05, 0.1) is 23.5 Å². The van der Waals surface area contributed by atoms with Crippen LogP contribution in [-0.4, -0.2) is 18.4 Å². The van der Waals surface area contributed by atoms with Gasteiger partial charge in [-0.25, -0.2) is 0 Å². The zero-order valence-corrected chi connectivity index (χ0v) is 27.4. The third-order valence-corrected chi connectivity index (χ3v) is 9.52. The van der Waals surface area contributed by atoms with Gasteiger partial charge in [0.1, 0.15) is 4.21 Å². The molecule has 204 valence electrons. The lowest BCUT2D eigenvalue weighted by molar-refractivity contribution is -0.598. The Morgan fingerprint density at radius 2 is 1.65 bits per heavy atom. The SMILES string of the molecule is CCOC(=O)Cc1c(C(=O)c2ccc(Br)cc2)sc(SCc2c(C)ccc3ccccc23)c1-[n+]1ccccc1.[I-]. The summed E-state index contributed by atoms with van der Waals surface area (Å²) in [5.41, 5.74) is 4.63. The molecule has 2 aromatic heterocycles. The Labute approximate surface area is 267 Å². The first kappa shape index (κ1) is 30.4. The number of ether oxygens (including phenoxy) is 1. The molecule has 8 heteroatoms. The molecule has 2 heterocycles. The molecule has 0 saturated carbocycles. The molecule has 0 aliphatic carbocycles. The van der Waals surface area contributed by atoms with Gasteiger partial charge >= 0.3 is 5.97 Å². The molecule has 5 aromatic rings. The van der Waals surface area contributed by atoms with Gasteiger partial charge in [0.2, 0.25) is 11.5 Å². The van der Waals surface area contributed by atoms with Crippen molar-refractivity contribution in [2.75, 3.05) is 6.61 Å². The van der Waals surface area contributed by atoms with Gasteiger partial charge in [-0.15, -0.1) is 23.1 Å². The number of nitrogens with zero attached hydrogens (tertiary/aromatic N) is 1. The number of carbonyl (C=O) groups is 2. The molecule has 0 N–H and O–H groups in total. The van der Waals surface area contributed by atoms with E-state index >= 15 is 0 Å². The second kappa shape index (κ2) is 13.9. The van der Waals surface area contributed by atoms with Gasteiger partial charge in [-0.2, -0.15) is 4.57 Å². The molecule has 0 radical (unpaired) electrons. The van der Waals surface area contributed by atoms with E-state index in [-0.39, 0.29) is 48.8 Å². The third-order valence-electron chi connectivity index (χ3n) is 6.48. The third kappa shape index (κ3) is 6.67. The normalized spacial score (nSPS) is 10.8. The van der Waals surface area contributed by atoms with E-state index in [1.807, 2.05) is 59.4 Å². The van der Waals surface area contributed by atoms with Crippen LogP contribution in [0.2, 0.25) is 0 Å². The largest absolute Gasteiger partial charge is 1.00 e. The number of aryl methyl sites for hydroxylation is 1. The van der Waals surface area contributed by atoms with Crippen LogP contribution in [0.3, 0.4) is 0 Å². The quantitative estimate of drug-likeness (QED) is 0.0711. The maximum absolute atomic E-state index is 13.8. The molecule has 4 nitrogen and oxygen atoms in total. The van der Waals surface area contributed by atoms with Crippen LogP contribution in [0, 0.1) is 6.92 Å². The molecule has 0 amide bonds. The van der Waals surface area contributed by atoms with E-state index in [0.717, 1.165) is 20.1 Å². The average molecular weight is 745 g/mol. The van der Waals surface area contributed by atoms with Crippen molar-refractivity contribution in [1.29, 1.82) is 0 Å². The standard InChI is InChI=1S/C32H27BrNO3S2.HI/c1-3-37-28(35)19-26-29(34-17-7-4-8-18-34)32(39-31(26)30(36)23-13-15-24(33)16-14-23)38-20-27-21(2)11-12-22-9-5-6-10-25(22)27;/h4-18H,3,19-20H2,1-2H3;1H/q+1;/p-1. The first-order chi connectivity index (χ1) is 19.0. The van der Waals surface area contributed by atoms with E-state index < -0.39 is 0 Å². The van der Waals surface area contributed by atoms with Gasteiger partial charge in [-0.1, -0.05) is 58.4 Å². The van der Waals surface area contributed by atoms with E-state index in [0.29, 0.717) is 16.0 Å². The molecule has 0 aliphatic rings. The van der Waals surface area contributed by atoms with E-state index in [1.54, 1.807) is 18.7 Å². The molecule has 0 unspecified atom stereocenters. The van der Waals surface area contributed by atoms with Crippen LogP contribution < -0.4 is 28.5 Å². The minimum atomic E-state index is -0.348. The maximum atomic E-state index is 13.8. The summed E-state index contributed by atoms with van der Waals surface area (Å²) in [5, 5.41) is 2.44. The van der Waals surface area contributed by atoms with Crippen LogP contribution in [0.4, 0.5) is 0 Å². The second-order valence-electron chi connectivity index (χ2n) is 9.02. The van der Waals surface area contributed by atoms with Gasteiger partial charge in [-0.05, 0) is 60.0 Å². The first-order valence-corrected chi connectivity index (χ1v) is 15.2. The summed E-state index contributed by atoms with van der Waals surface area (Å²) in [4.78, 5) is 27.2. The first-order valence-electron chi connectivity index (χ1n) is 12.6. The highest BCUT2D eigenvalue weighted by atomic mass is 127. The molecule has 40 heavy (non-hydrogen) atoms. The zero-order valence-electron chi connectivity index (χ0n) is 22.0. The molecular weight excluding hydrogens is 717 g/mol. The number of benzene rings is 3. The maximum Gasteiger partial charge on any atom is 0.310 e. The lowest BCUT2D eigenvalue weighted by atomic mass is 10.0. The number of carbonyl (C=O) groups excluding carboxylic acids is 2. The Morgan fingerprint density at radius 3 is 2.38 bits per heavy atom. The van der Waals surface area contributed by atoms with Gasteiger partial charge in [0.25, 0.3) is 0 Å². The van der Waals surface area contributed by atoms with Crippen molar-refractivity contribution in [3.8, 4) is 5.69 Å². The van der Waals surface area contributed by atoms with E-state index in [9.17, 15) is 9.59 Å². The fraction of sp³-hybridized carbons (Fsp3) is 0.156. The summed E-state index contributed by atoms with van der Waals surface area (Å²) in [5.74, 6) is 0.288. The molecule has 5 rings (SSSR count). The summed E-state index contributed by atoms with van der Waals surface area (Å²) >= 11 is 6.60. The van der Waals surface area contributed by atoms with Gasteiger partial charge < -0.3 is 28.7 Å². The average Bonchev–Trinajstić information content (AvgIpc) is 3.30. The zero-order chi connectivity index (χ0) is 27.4. The lowest BCUT2D eigenvalue weighted by Gasteiger charge is -2.10. The molecule has 0 spiro atoms. The van der Waals surface area contributed by atoms with E-state index in [4.69, 9.17) is 4.74 Å². The molecule has 0 aliphatic heterocycles. The number of pyridine rings is 1. The summed E-state index contributed by atoms with van der Waals surface area (Å²) in [7, 11) is 0. The highest BCUT2D eigenvalue weighted by molar-refractivity contribution is 9.10. The lowest BCUT2D eigenvalue weighted by Crippen LogP contribution is -3.00. The second-order valence-corrected chi connectivity index (χ2v) is 12.2. The summed E-state index contributed by atoms with van der Waals surface area (Å²) in [6.45, 7) is 4.22. The predicted molar refractivity (Wildman–Crippen MR) is 162 cm³/mol. The van der Waals surface area contributed by atoms with Gasteiger partial charge in [0.15, 0.2) is 12.4 Å². The molecule has 0 saturated heterocycles. The van der Waals surface area contributed by atoms with Crippen LogP contribution in [0.15, 0.2) is 99.9 Å². The Morgan fingerprint density at radius 1 is 0.925 bits per heavy atom. The highest BCUT2D eigenvalue weighted by Gasteiger charge is 2.31. The molecule has 0 bridgehead atoms. The topological polar surface area (TPSA) is 47.3 Å². The number of ketones is 1. The number of hydrogen-bond donors (Lipinski definition) is 0. The monoisotopic (exact) mass is 743 g/mol. The summed E-state index contributed by atoms with van der Waals surface area (Å²) in [6.07, 6.45) is 3.93. The Balaban J connectivity index is 0.00000370. The van der Waals surface area contributed by atoms with E-state index in [1.165, 1.54) is 33.2 Å². The minimum Gasteiger partial charge on any atom is -1.00 e. The smallest absolute Gasteiger partial charge is 0.310 e. The van der Waals surface area contributed by atoms with Crippen molar-refractivity contribution in [1.82, 2.24) is 0 Å². The molecule has 0 fully saturated rings. The number of rotatable bonds is 9. The number of fused-ring (bicyclic) bond motifs is 1. The number of hydrogen-bond acceptors (Lipinski definition) is 5. The fourth-order valence-corrected chi connectivity index (χ4v) is 7.51. The van der Waals surface area contributed by atoms with Crippen molar-refractivity contribution in [3.05, 3.63) is 123 Å². The number of halogens is 2. The highest BCUT2D eigenvalue weighted by Crippen LogP contribution is 2.41. The van der Waals surface area contributed by atoms with Crippen molar-refractivity contribution in [2.24, 2.45) is 0 Å². The van der Waals surface area contributed by atoms with E-state index in [2.05, 4.69) is 59.3 Å². The molecular formula is C32H27BrINO3S2. The Bertz CT molecular complexity index is 1650. The number of thiophene rings is 1. The molecule has 0 atom stereocenters. The summed E-state index contributed by atoms with van der Waals surface area (Å²) < 4.78 is 9.22. The van der Waals surface area contributed by atoms with Crippen LogP contribution in [0.25, 0.3) is 16.5 Å². The van der Waals surface area contributed by atoms with Gasteiger partial charge in [0, 0.05) is 27.9 Å². The number of esters is 1. The van der Waals surface area contributed by atoms with Crippen LogP contribution in [0.1, 0.15) is 38.8 Å². The van der Waals surface area contributed by atoms with Crippen LogP contribution in [-0.2, 0) is 21.7 Å². The Kier molecular flexibility index (Phi) is 10.6. The van der Waals surface area contributed by atoms with Crippen molar-refractivity contribution < 1.29 is 42.9 Å². The summed E-state index contributed by atoms with van der Waals surface area (Å²) in [6, 6.07) is 25.9. The minimum absolute atomic E-state index is 0.